The van der Waals surface area contributed by atoms with Gasteiger partial charge in [-0.2, -0.15) is 21.0 Å². The molecule has 0 amide bonds. The molecule has 0 bridgehead atoms. The summed E-state index contributed by atoms with van der Waals surface area (Å²) < 4.78 is 8.34. The van der Waals surface area contributed by atoms with Crippen molar-refractivity contribution < 1.29 is 19.7 Å². The fraction of sp³-hybridized carbons (Fsp3) is 0. The van der Waals surface area contributed by atoms with E-state index in [1.165, 1.54) is 31.0 Å². The van der Waals surface area contributed by atoms with E-state index in [4.69, 9.17) is 52.3 Å². The van der Waals surface area contributed by atoms with E-state index in [9.17, 15) is 10.0 Å². The highest BCUT2D eigenvalue weighted by Crippen LogP contribution is 2.41. The molecule has 655 valence electrons. The van der Waals surface area contributed by atoms with Gasteiger partial charge >= 0.3 is 14.8 Å². The lowest BCUT2D eigenvalue weighted by Crippen LogP contribution is -2.30. The van der Waals surface area contributed by atoms with Crippen LogP contribution in [-0.2, 0) is 0 Å². The standard InChI is InChI=1S/C37H23N3.C23H16BNO2.C23H14BrN.C14H9ClN2.C13H8IN.C10H7BBrO2/c38-24-25-14-16-26(17-15-25)27-18-20-28(21-19-27)30-22-23-33(32-11-5-4-10-31(30)32)37-39-35-13-7-6-12-34(35)36(40-37)29-8-2-1-3-9-29;25-15-16-5-7-17(8-6-16)18-9-11-19(12-10-18)20-13-14-23(24(26)27)22-4-2-1-3-21(20)22;24-23-14-13-20(21-3-1-2-4-22(21)23)19-11-9-18(10-12-19)17-7-5-16(15-25)6-8-17;15-14-16-12-9-5-4-8-11(12)13(17-14)10-6-2-1-3-7-10;14-13-7-5-12(6-8-13)11-3-1-10(9-15)2-4-11;12-9-5-6-10(14-11-13)8-4-2-1-3-7(8)9/h1-23H;1-14,26-27H;1-14H;1-9H;1-8H;1-6,13H. The zero-order valence-corrected chi connectivity index (χ0v) is 79.8. The molecule has 0 saturated heterocycles. The lowest BCUT2D eigenvalue weighted by molar-refractivity contribution is 0.426. The van der Waals surface area contributed by atoms with Gasteiger partial charge in [-0.3, -0.25) is 0 Å². The van der Waals surface area contributed by atoms with Crippen molar-refractivity contribution >= 4 is 151 Å². The number of hydrogen-bond donors (Lipinski definition) is 3. The normalized spacial score (nSPS) is 10.5. The Bertz CT molecular complexity index is 8310. The first kappa shape index (κ1) is 93.7. The zero-order chi connectivity index (χ0) is 95.2. The third-order valence-corrected chi connectivity index (χ3v) is 25.6. The second kappa shape index (κ2) is 44.8. The van der Waals surface area contributed by atoms with Gasteiger partial charge in [0.15, 0.2) is 5.82 Å². The van der Waals surface area contributed by atoms with Crippen molar-refractivity contribution in [3.63, 3.8) is 0 Å². The Morgan fingerprint density at radius 3 is 0.949 bits per heavy atom. The largest absolute Gasteiger partial charge is 0.569 e. The van der Waals surface area contributed by atoms with E-state index < -0.39 is 7.12 Å². The van der Waals surface area contributed by atoms with E-state index in [0.29, 0.717) is 41.2 Å². The molecule has 0 unspecified atom stereocenters. The average Bonchev–Trinajstić information content (AvgIpc) is 0.754. The molecule has 0 atom stereocenters. The molecule has 2 aromatic heterocycles. The highest BCUT2D eigenvalue weighted by atomic mass is 127. The molecular formula is C120H77B2Br2ClIN8O4. The topological polar surface area (TPSA) is 217 Å². The average molecular weight is 2040 g/mol. The van der Waals surface area contributed by atoms with Crippen molar-refractivity contribution in [3.05, 3.63) is 489 Å². The molecular weight excluding hydrogens is 1960 g/mol. The Morgan fingerprint density at radius 2 is 0.551 bits per heavy atom. The van der Waals surface area contributed by atoms with Crippen molar-refractivity contribution in [1.82, 2.24) is 19.9 Å². The van der Waals surface area contributed by atoms with Crippen molar-refractivity contribution in [2.75, 3.05) is 0 Å². The Balaban J connectivity index is 0.000000119. The molecule has 138 heavy (non-hydrogen) atoms. The summed E-state index contributed by atoms with van der Waals surface area (Å²) in [6, 6.07) is 158. The summed E-state index contributed by atoms with van der Waals surface area (Å²) in [7, 11) is -0.807. The molecule has 0 saturated carbocycles. The summed E-state index contributed by atoms with van der Waals surface area (Å²) in [6.45, 7) is 0. The van der Waals surface area contributed by atoms with Crippen LogP contribution in [0, 0.1) is 48.9 Å². The molecule has 2 heterocycles. The number of nitrogens with zero attached hydrogens (tertiary/aromatic N) is 8. The van der Waals surface area contributed by atoms with Crippen LogP contribution < -0.4 is 10.1 Å². The molecule has 22 aromatic rings. The highest BCUT2D eigenvalue weighted by molar-refractivity contribution is 14.1. The second-order valence-electron chi connectivity index (χ2n) is 31.8. The zero-order valence-electron chi connectivity index (χ0n) is 73.7. The first-order valence-electron chi connectivity index (χ1n) is 43.9. The number of aromatic nitrogens is 4. The van der Waals surface area contributed by atoms with Crippen LogP contribution in [0.1, 0.15) is 22.3 Å². The van der Waals surface area contributed by atoms with E-state index in [1.807, 2.05) is 243 Å². The van der Waals surface area contributed by atoms with Gasteiger partial charge in [0, 0.05) is 45.4 Å². The van der Waals surface area contributed by atoms with Crippen LogP contribution in [0.2, 0.25) is 5.28 Å². The molecule has 20 aromatic carbocycles. The minimum Gasteiger partial charge on any atom is -0.537 e. The van der Waals surface area contributed by atoms with Crippen LogP contribution in [0.15, 0.2) is 458 Å². The maximum absolute atomic E-state index is 9.62. The maximum Gasteiger partial charge on any atom is 0.569 e. The van der Waals surface area contributed by atoms with Crippen LogP contribution in [0.25, 0.3) is 177 Å². The van der Waals surface area contributed by atoms with E-state index in [0.717, 1.165) is 158 Å². The van der Waals surface area contributed by atoms with Gasteiger partial charge in [0.25, 0.3) is 0 Å². The predicted octanol–water partition coefficient (Wildman–Crippen LogP) is 30.1. The minimum atomic E-state index is -1.50. The highest BCUT2D eigenvalue weighted by Gasteiger charge is 2.20. The first-order valence-corrected chi connectivity index (χ1v) is 47.0. The van der Waals surface area contributed by atoms with Gasteiger partial charge in [-0.25, -0.2) is 19.9 Å². The molecule has 0 fully saturated rings. The number of halogens is 4. The van der Waals surface area contributed by atoms with Crippen LogP contribution in [-0.4, -0.2) is 49.8 Å². The summed E-state index contributed by atoms with van der Waals surface area (Å²) in [5.74, 6) is 1.36. The monoisotopic (exact) mass is 2040 g/mol. The third-order valence-electron chi connectivity index (χ3n) is 23.4. The van der Waals surface area contributed by atoms with Crippen molar-refractivity contribution in [2.24, 2.45) is 0 Å². The predicted molar refractivity (Wildman–Crippen MR) is 580 cm³/mol. The summed E-state index contributed by atoms with van der Waals surface area (Å²) in [4.78, 5) is 18.7. The van der Waals surface area contributed by atoms with Crippen molar-refractivity contribution in [2.45, 2.75) is 0 Å². The van der Waals surface area contributed by atoms with Crippen LogP contribution in [0.5, 0.6) is 5.75 Å². The van der Waals surface area contributed by atoms with Gasteiger partial charge in [0.2, 0.25) is 5.28 Å². The first-order chi connectivity index (χ1) is 67.7. The minimum absolute atomic E-state index is 0.280. The Kier molecular flexibility index (Phi) is 30.4. The van der Waals surface area contributed by atoms with Gasteiger partial charge in [-0.05, 0) is 252 Å². The number of benzene rings is 20. The Labute approximate surface area is 835 Å². The van der Waals surface area contributed by atoms with E-state index in [2.05, 4.69) is 283 Å². The lowest BCUT2D eigenvalue weighted by Gasteiger charge is -2.14. The Hall–Kier alpha value is -16.1. The van der Waals surface area contributed by atoms with E-state index in [-0.39, 0.29) is 5.28 Å². The molecule has 3 N–H and O–H groups in total. The van der Waals surface area contributed by atoms with E-state index >= 15 is 0 Å². The molecule has 1 radical (unpaired) electrons. The third kappa shape index (κ3) is 22.1. The summed E-state index contributed by atoms with van der Waals surface area (Å²) in [5.41, 5.74) is 25.7. The fourth-order valence-corrected chi connectivity index (χ4v) is 17.9. The number of para-hydroxylation sites is 2. The SMILES string of the molecule is Clc1nc(-c2ccccc2)c2ccccc2n1.N#Cc1ccc(-c2ccc(-c3ccc(-c4nc(-c5ccccc5)c5ccccc5n4)c4ccccc34)cc2)cc1.N#Cc1ccc(-c2ccc(-c3ccc(B(O)O)c4ccccc34)cc2)cc1.N#Cc1ccc(-c2ccc(-c3ccc(Br)c4ccccc34)cc2)cc1.N#Cc1ccc(-c2ccc(I)cc2)cc1.O[B]Oc1ccc(Br)c2ccccc12. The second-order valence-corrected chi connectivity index (χ2v) is 35.1. The lowest BCUT2D eigenvalue weighted by atomic mass is 9.76. The van der Waals surface area contributed by atoms with Gasteiger partial charge < -0.3 is 19.7 Å². The van der Waals surface area contributed by atoms with Gasteiger partial charge in [0.1, 0.15) is 5.75 Å². The number of hydrogen-bond acceptors (Lipinski definition) is 12. The molecule has 12 nitrogen and oxygen atoms in total. The number of nitriles is 4. The van der Waals surface area contributed by atoms with Crippen LogP contribution in [0.4, 0.5) is 0 Å². The molecule has 18 heteroatoms. The van der Waals surface area contributed by atoms with Crippen LogP contribution in [0.3, 0.4) is 0 Å². The van der Waals surface area contributed by atoms with Gasteiger partial charge in [-0.1, -0.05) is 384 Å². The van der Waals surface area contributed by atoms with Gasteiger partial charge in [0.05, 0.1) is 69.0 Å². The summed E-state index contributed by atoms with van der Waals surface area (Å²) >= 11 is 15.3. The number of rotatable bonds is 13. The molecule has 0 aliphatic carbocycles. The number of fused-ring (bicyclic) bond motifs is 6. The molecule has 0 aliphatic rings. The van der Waals surface area contributed by atoms with Gasteiger partial charge in [-0.15, -0.1) is 0 Å². The smallest absolute Gasteiger partial charge is 0.537 e. The van der Waals surface area contributed by atoms with Crippen molar-refractivity contribution in [1.29, 1.82) is 21.0 Å². The molecule has 0 aliphatic heterocycles. The quantitative estimate of drug-likeness (QED) is 0.0558. The summed E-state index contributed by atoms with van der Waals surface area (Å²) in [5, 5.41) is 74.4. The Morgan fingerprint density at radius 1 is 0.268 bits per heavy atom. The summed E-state index contributed by atoms with van der Waals surface area (Å²) in [6.07, 6.45) is 0. The molecule has 22 rings (SSSR count). The maximum atomic E-state index is 9.62. The fourth-order valence-electron chi connectivity index (χ4n) is 16.4. The van der Waals surface area contributed by atoms with Crippen LogP contribution >= 0.6 is 66.1 Å². The molecule has 0 spiro atoms. The van der Waals surface area contributed by atoms with Crippen molar-refractivity contribution in [3.8, 4) is 142 Å². The van der Waals surface area contributed by atoms with E-state index in [1.54, 1.807) is 12.1 Å².